The Bertz CT molecular complexity index is 418. The van der Waals surface area contributed by atoms with E-state index in [4.69, 9.17) is 16.7 Å². The molecule has 1 atom stereocenters. The van der Waals surface area contributed by atoms with Crippen molar-refractivity contribution >= 4 is 17.5 Å². The zero-order valence-electron chi connectivity index (χ0n) is 10.2. The van der Waals surface area contributed by atoms with Gasteiger partial charge in [-0.15, -0.1) is 0 Å². The number of aliphatic hydroxyl groups is 1. The summed E-state index contributed by atoms with van der Waals surface area (Å²) < 4.78 is 0. The van der Waals surface area contributed by atoms with Crippen LogP contribution in [-0.2, 0) is 4.79 Å². The van der Waals surface area contributed by atoms with E-state index in [1.54, 1.807) is 0 Å². The van der Waals surface area contributed by atoms with Gasteiger partial charge in [0.1, 0.15) is 0 Å². The van der Waals surface area contributed by atoms with E-state index in [0.29, 0.717) is 18.0 Å². The van der Waals surface area contributed by atoms with Crippen molar-refractivity contribution in [3.63, 3.8) is 0 Å². The Balaban J connectivity index is 1.96. The molecule has 3 nitrogen and oxygen atoms in total. The third-order valence-electron chi connectivity index (χ3n) is 3.27. The van der Waals surface area contributed by atoms with Crippen molar-refractivity contribution in [1.82, 2.24) is 5.32 Å². The van der Waals surface area contributed by atoms with Gasteiger partial charge in [0.25, 0.3) is 0 Å². The molecule has 2 rings (SSSR count). The van der Waals surface area contributed by atoms with Crippen LogP contribution in [0.4, 0.5) is 0 Å². The molecule has 2 N–H and O–H groups in total. The van der Waals surface area contributed by atoms with Gasteiger partial charge in [-0.05, 0) is 37.0 Å². The third kappa shape index (κ3) is 3.72. The highest BCUT2D eigenvalue weighted by molar-refractivity contribution is 6.30. The maximum atomic E-state index is 11.6. The summed E-state index contributed by atoms with van der Waals surface area (Å²) in [6, 6.07) is 7.59. The molecule has 1 aliphatic rings. The van der Waals surface area contributed by atoms with Gasteiger partial charge in [0, 0.05) is 30.0 Å². The van der Waals surface area contributed by atoms with Crippen molar-refractivity contribution < 1.29 is 9.90 Å². The number of aliphatic hydroxyl groups excluding tert-OH is 1. The van der Waals surface area contributed by atoms with E-state index in [1.807, 2.05) is 24.3 Å². The highest BCUT2D eigenvalue weighted by Crippen LogP contribution is 2.29. The van der Waals surface area contributed by atoms with Crippen LogP contribution in [0.3, 0.4) is 0 Å². The minimum Gasteiger partial charge on any atom is -0.396 e. The monoisotopic (exact) mass is 267 g/mol. The van der Waals surface area contributed by atoms with Gasteiger partial charge < -0.3 is 10.4 Å². The van der Waals surface area contributed by atoms with Gasteiger partial charge in [-0.3, -0.25) is 4.79 Å². The van der Waals surface area contributed by atoms with Crippen LogP contribution in [-0.4, -0.2) is 24.2 Å². The SMILES string of the molecule is O=C(NCC(CCO)c1cccc(Cl)c1)C1CC1. The number of hydrogen-bond donors (Lipinski definition) is 2. The lowest BCUT2D eigenvalue weighted by Gasteiger charge is -2.17. The van der Waals surface area contributed by atoms with Gasteiger partial charge in [0.15, 0.2) is 0 Å². The number of rotatable bonds is 6. The first kappa shape index (κ1) is 13.4. The predicted molar refractivity (Wildman–Crippen MR) is 71.6 cm³/mol. The zero-order chi connectivity index (χ0) is 13.0. The summed E-state index contributed by atoms with van der Waals surface area (Å²) in [4.78, 5) is 11.6. The minimum atomic E-state index is 0.108. The number of hydrogen-bond acceptors (Lipinski definition) is 2. The summed E-state index contributed by atoms with van der Waals surface area (Å²) in [6.45, 7) is 0.673. The van der Waals surface area contributed by atoms with Gasteiger partial charge in [-0.2, -0.15) is 0 Å². The number of halogens is 1. The lowest BCUT2D eigenvalue weighted by molar-refractivity contribution is -0.122. The summed E-state index contributed by atoms with van der Waals surface area (Å²) in [6.07, 6.45) is 2.65. The summed E-state index contributed by atoms with van der Waals surface area (Å²) in [5, 5.41) is 12.7. The largest absolute Gasteiger partial charge is 0.396 e. The van der Waals surface area contributed by atoms with Crippen molar-refractivity contribution in [3.05, 3.63) is 34.9 Å². The first-order chi connectivity index (χ1) is 8.70. The average Bonchev–Trinajstić information content (AvgIpc) is 3.18. The second kappa shape index (κ2) is 6.21. The molecule has 0 saturated heterocycles. The maximum Gasteiger partial charge on any atom is 0.223 e. The van der Waals surface area contributed by atoms with E-state index in [1.165, 1.54) is 0 Å². The molecule has 4 heteroatoms. The van der Waals surface area contributed by atoms with Gasteiger partial charge >= 0.3 is 0 Å². The normalized spacial score (nSPS) is 16.3. The van der Waals surface area contributed by atoms with Crippen LogP contribution >= 0.6 is 11.6 Å². The van der Waals surface area contributed by atoms with Crippen LogP contribution in [0.1, 0.15) is 30.7 Å². The molecule has 1 aromatic carbocycles. The summed E-state index contributed by atoms with van der Waals surface area (Å²) >= 11 is 5.96. The summed E-state index contributed by atoms with van der Waals surface area (Å²) in [7, 11) is 0. The number of nitrogens with one attached hydrogen (secondary N) is 1. The second-order valence-corrected chi connectivity index (χ2v) is 5.22. The Kier molecular flexibility index (Phi) is 4.61. The molecule has 0 bridgehead atoms. The van der Waals surface area contributed by atoms with Crippen molar-refractivity contribution in [2.24, 2.45) is 5.92 Å². The van der Waals surface area contributed by atoms with Gasteiger partial charge in [0.2, 0.25) is 5.91 Å². The Hall–Kier alpha value is -1.06. The van der Waals surface area contributed by atoms with E-state index in [2.05, 4.69) is 5.32 Å². The van der Waals surface area contributed by atoms with Crippen LogP contribution in [0.5, 0.6) is 0 Å². The van der Waals surface area contributed by atoms with E-state index in [0.717, 1.165) is 18.4 Å². The molecule has 18 heavy (non-hydrogen) atoms. The lowest BCUT2D eigenvalue weighted by Crippen LogP contribution is -2.29. The minimum absolute atomic E-state index is 0.108. The molecular formula is C14H18ClNO2. The highest BCUT2D eigenvalue weighted by atomic mass is 35.5. The molecule has 0 heterocycles. The predicted octanol–water partition coefficient (Wildman–Crippen LogP) is 2.33. The molecule has 1 fully saturated rings. The second-order valence-electron chi connectivity index (χ2n) is 4.78. The van der Waals surface area contributed by atoms with Crippen LogP contribution in [0.25, 0.3) is 0 Å². The van der Waals surface area contributed by atoms with Crippen molar-refractivity contribution in [3.8, 4) is 0 Å². The van der Waals surface area contributed by atoms with Gasteiger partial charge in [-0.25, -0.2) is 0 Å². The van der Waals surface area contributed by atoms with E-state index in [9.17, 15) is 4.79 Å². The van der Waals surface area contributed by atoms with Crippen molar-refractivity contribution in [2.45, 2.75) is 25.2 Å². The molecule has 1 unspecified atom stereocenters. The number of carbonyl (C=O) groups is 1. The molecule has 1 aromatic rings. The Morgan fingerprint density at radius 3 is 2.89 bits per heavy atom. The fourth-order valence-electron chi connectivity index (χ4n) is 2.02. The smallest absolute Gasteiger partial charge is 0.223 e. The fraction of sp³-hybridized carbons (Fsp3) is 0.500. The Morgan fingerprint density at radius 1 is 1.50 bits per heavy atom. The highest BCUT2D eigenvalue weighted by Gasteiger charge is 2.29. The molecule has 0 spiro atoms. The van der Waals surface area contributed by atoms with E-state index >= 15 is 0 Å². The summed E-state index contributed by atoms with van der Waals surface area (Å²) in [5.41, 5.74) is 1.06. The Morgan fingerprint density at radius 2 is 2.28 bits per heavy atom. The topological polar surface area (TPSA) is 49.3 Å². The van der Waals surface area contributed by atoms with Crippen molar-refractivity contribution in [1.29, 1.82) is 0 Å². The molecule has 0 aromatic heterocycles. The van der Waals surface area contributed by atoms with Crippen LogP contribution < -0.4 is 5.32 Å². The molecule has 1 amide bonds. The van der Waals surface area contributed by atoms with Crippen LogP contribution in [0.15, 0.2) is 24.3 Å². The third-order valence-corrected chi connectivity index (χ3v) is 3.50. The number of benzene rings is 1. The molecule has 0 aliphatic heterocycles. The van der Waals surface area contributed by atoms with E-state index in [-0.39, 0.29) is 24.3 Å². The first-order valence-corrected chi connectivity index (χ1v) is 6.72. The van der Waals surface area contributed by atoms with Crippen LogP contribution in [0.2, 0.25) is 5.02 Å². The van der Waals surface area contributed by atoms with Crippen LogP contribution in [0, 0.1) is 5.92 Å². The maximum absolute atomic E-state index is 11.6. The number of carbonyl (C=O) groups excluding carboxylic acids is 1. The Labute approximate surface area is 112 Å². The summed E-state index contributed by atoms with van der Waals surface area (Å²) in [5.74, 6) is 0.482. The average molecular weight is 268 g/mol. The first-order valence-electron chi connectivity index (χ1n) is 6.34. The molecular weight excluding hydrogens is 250 g/mol. The van der Waals surface area contributed by atoms with E-state index < -0.39 is 0 Å². The van der Waals surface area contributed by atoms with Gasteiger partial charge in [-0.1, -0.05) is 23.7 Å². The fourth-order valence-corrected chi connectivity index (χ4v) is 2.22. The number of amides is 1. The zero-order valence-corrected chi connectivity index (χ0v) is 11.0. The standard InChI is InChI=1S/C14H18ClNO2/c15-13-3-1-2-11(8-13)12(6-7-17)9-16-14(18)10-4-5-10/h1-3,8,10,12,17H,4-7,9H2,(H,16,18). The van der Waals surface area contributed by atoms with Crippen molar-refractivity contribution in [2.75, 3.05) is 13.2 Å². The molecule has 1 saturated carbocycles. The molecule has 0 radical (unpaired) electrons. The quantitative estimate of drug-likeness (QED) is 0.831. The lowest BCUT2D eigenvalue weighted by atomic mass is 9.96. The van der Waals surface area contributed by atoms with Gasteiger partial charge in [0.05, 0.1) is 0 Å². The molecule has 1 aliphatic carbocycles. The molecule has 98 valence electrons.